The lowest BCUT2D eigenvalue weighted by Crippen LogP contribution is -2.20. The van der Waals surface area contributed by atoms with Gasteiger partial charge in [-0.05, 0) is 72.6 Å². The molecule has 2 aromatic carbocycles. The zero-order valence-corrected chi connectivity index (χ0v) is 15.7. The average Bonchev–Trinajstić information content (AvgIpc) is 2.95. The fourth-order valence-electron chi connectivity index (χ4n) is 2.40. The van der Waals surface area contributed by atoms with Gasteiger partial charge in [-0.25, -0.2) is 0 Å². The number of thioether (sulfide) groups is 1. The highest BCUT2D eigenvalue weighted by molar-refractivity contribution is 8.18. The molecule has 2 N–H and O–H groups in total. The molecule has 138 valence electrons. The Bertz CT molecular complexity index is 935. The van der Waals surface area contributed by atoms with Crippen molar-refractivity contribution in [1.82, 2.24) is 5.32 Å². The Morgan fingerprint density at radius 1 is 1.11 bits per heavy atom. The van der Waals surface area contributed by atoms with Gasteiger partial charge in [-0.15, -0.1) is 0 Å². The van der Waals surface area contributed by atoms with Gasteiger partial charge in [0.05, 0.1) is 4.91 Å². The van der Waals surface area contributed by atoms with Crippen LogP contribution in [-0.2, 0) is 9.59 Å². The molecule has 6 nitrogen and oxygen atoms in total. The normalized spacial score (nSPS) is 15.0. The van der Waals surface area contributed by atoms with Crippen LogP contribution in [0.4, 0.5) is 10.5 Å². The SMILES string of the molecule is Cc1ccc(NC(=O)COc2ccc(/C=C3\SC(=O)NC3=O)cc2)cc1C. The zero-order valence-electron chi connectivity index (χ0n) is 14.9. The van der Waals surface area contributed by atoms with Crippen LogP contribution in [0.15, 0.2) is 47.4 Å². The molecule has 0 aliphatic carbocycles. The zero-order chi connectivity index (χ0) is 19.4. The summed E-state index contributed by atoms with van der Waals surface area (Å²) >= 11 is 0.867. The van der Waals surface area contributed by atoms with E-state index in [0.717, 1.165) is 34.1 Å². The molecule has 0 bridgehead atoms. The molecule has 27 heavy (non-hydrogen) atoms. The Hall–Kier alpha value is -3.06. The standard InChI is InChI=1S/C20H18N2O4S/c1-12-3-6-15(9-13(12)2)21-18(23)11-26-16-7-4-14(5-8-16)10-17-19(24)22-20(25)27-17/h3-10H,11H2,1-2H3,(H,21,23)(H,22,24,25)/b17-10-. The molecule has 3 amide bonds. The maximum atomic E-state index is 12.0. The number of nitrogens with one attached hydrogen (secondary N) is 2. The number of hydrogen-bond acceptors (Lipinski definition) is 5. The third-order valence-electron chi connectivity index (χ3n) is 3.98. The summed E-state index contributed by atoms with van der Waals surface area (Å²) < 4.78 is 5.49. The van der Waals surface area contributed by atoms with Crippen LogP contribution in [0.1, 0.15) is 16.7 Å². The van der Waals surface area contributed by atoms with E-state index in [-0.39, 0.29) is 17.8 Å². The van der Waals surface area contributed by atoms with E-state index in [2.05, 4.69) is 10.6 Å². The molecule has 1 fully saturated rings. The number of carbonyl (C=O) groups excluding carboxylic acids is 3. The van der Waals surface area contributed by atoms with Crippen LogP contribution >= 0.6 is 11.8 Å². The van der Waals surface area contributed by atoms with Gasteiger partial charge in [0.1, 0.15) is 5.75 Å². The smallest absolute Gasteiger partial charge is 0.290 e. The highest BCUT2D eigenvalue weighted by atomic mass is 32.2. The fourth-order valence-corrected chi connectivity index (χ4v) is 3.08. The Morgan fingerprint density at radius 3 is 2.48 bits per heavy atom. The van der Waals surface area contributed by atoms with Crippen molar-refractivity contribution in [3.8, 4) is 5.75 Å². The molecule has 3 rings (SSSR count). The number of benzene rings is 2. The highest BCUT2D eigenvalue weighted by Gasteiger charge is 2.24. The number of anilines is 1. The van der Waals surface area contributed by atoms with Crippen LogP contribution in [-0.4, -0.2) is 23.7 Å². The van der Waals surface area contributed by atoms with E-state index < -0.39 is 5.91 Å². The van der Waals surface area contributed by atoms with Gasteiger partial charge in [0.15, 0.2) is 6.61 Å². The predicted octanol–water partition coefficient (Wildman–Crippen LogP) is 3.64. The molecule has 1 aliphatic rings. The first-order valence-electron chi connectivity index (χ1n) is 8.25. The number of imide groups is 1. The second kappa shape index (κ2) is 8.09. The van der Waals surface area contributed by atoms with Crippen LogP contribution in [0.3, 0.4) is 0 Å². The molecule has 0 aromatic heterocycles. The number of amides is 3. The van der Waals surface area contributed by atoms with Crippen molar-refractivity contribution in [3.05, 3.63) is 64.1 Å². The second-order valence-corrected chi connectivity index (χ2v) is 7.07. The summed E-state index contributed by atoms with van der Waals surface area (Å²) in [6.45, 7) is 3.89. The predicted molar refractivity (Wildman–Crippen MR) is 106 cm³/mol. The molecule has 1 heterocycles. The van der Waals surface area contributed by atoms with Gasteiger partial charge in [0.2, 0.25) is 0 Å². The van der Waals surface area contributed by atoms with Gasteiger partial charge < -0.3 is 10.1 Å². The van der Waals surface area contributed by atoms with Crippen molar-refractivity contribution < 1.29 is 19.1 Å². The molecular formula is C20H18N2O4S. The molecular weight excluding hydrogens is 364 g/mol. The van der Waals surface area contributed by atoms with E-state index in [1.807, 2.05) is 32.0 Å². The van der Waals surface area contributed by atoms with E-state index >= 15 is 0 Å². The van der Waals surface area contributed by atoms with Gasteiger partial charge in [-0.1, -0.05) is 18.2 Å². The molecule has 0 spiro atoms. The Labute approximate surface area is 161 Å². The molecule has 0 unspecified atom stereocenters. The second-order valence-electron chi connectivity index (χ2n) is 6.06. The third kappa shape index (κ3) is 4.98. The summed E-state index contributed by atoms with van der Waals surface area (Å²) in [7, 11) is 0. The first kappa shape index (κ1) is 18.7. The van der Waals surface area contributed by atoms with Gasteiger partial charge >= 0.3 is 0 Å². The Balaban J connectivity index is 1.54. The lowest BCUT2D eigenvalue weighted by Gasteiger charge is -2.09. The van der Waals surface area contributed by atoms with E-state index in [4.69, 9.17) is 4.74 Å². The van der Waals surface area contributed by atoms with E-state index in [9.17, 15) is 14.4 Å². The largest absolute Gasteiger partial charge is 0.484 e. The lowest BCUT2D eigenvalue weighted by atomic mass is 10.1. The first-order chi connectivity index (χ1) is 12.9. The van der Waals surface area contributed by atoms with E-state index in [0.29, 0.717) is 10.7 Å². The van der Waals surface area contributed by atoms with E-state index in [1.165, 1.54) is 0 Å². The van der Waals surface area contributed by atoms with E-state index in [1.54, 1.807) is 30.3 Å². The monoisotopic (exact) mass is 382 g/mol. The minimum atomic E-state index is -0.395. The maximum Gasteiger partial charge on any atom is 0.290 e. The van der Waals surface area contributed by atoms with Crippen molar-refractivity contribution in [1.29, 1.82) is 0 Å². The molecule has 2 aromatic rings. The Kier molecular flexibility index (Phi) is 5.61. The van der Waals surface area contributed by atoms with Crippen molar-refractivity contribution in [2.75, 3.05) is 11.9 Å². The highest BCUT2D eigenvalue weighted by Crippen LogP contribution is 2.26. The van der Waals surface area contributed by atoms with Crippen LogP contribution in [0, 0.1) is 13.8 Å². The number of carbonyl (C=O) groups is 3. The van der Waals surface area contributed by atoms with Crippen molar-refractivity contribution in [3.63, 3.8) is 0 Å². The van der Waals surface area contributed by atoms with Crippen molar-refractivity contribution in [2.45, 2.75) is 13.8 Å². The molecule has 7 heteroatoms. The number of ether oxygens (including phenoxy) is 1. The van der Waals surface area contributed by atoms with Crippen molar-refractivity contribution >= 4 is 40.6 Å². The first-order valence-corrected chi connectivity index (χ1v) is 9.07. The number of hydrogen-bond donors (Lipinski definition) is 2. The molecule has 0 saturated carbocycles. The summed E-state index contributed by atoms with van der Waals surface area (Å²) in [6.07, 6.45) is 1.63. The van der Waals surface area contributed by atoms with Crippen LogP contribution in [0.25, 0.3) is 6.08 Å². The lowest BCUT2D eigenvalue weighted by molar-refractivity contribution is -0.118. The van der Waals surface area contributed by atoms with Crippen LogP contribution in [0.2, 0.25) is 0 Å². The summed E-state index contributed by atoms with van der Waals surface area (Å²) in [4.78, 5) is 35.1. The summed E-state index contributed by atoms with van der Waals surface area (Å²) in [5, 5.41) is 4.63. The van der Waals surface area contributed by atoms with Gasteiger partial charge in [0, 0.05) is 5.69 Å². The summed E-state index contributed by atoms with van der Waals surface area (Å²) in [5.74, 6) is -0.109. The Morgan fingerprint density at radius 2 is 1.85 bits per heavy atom. The fraction of sp³-hybridized carbons (Fsp3) is 0.150. The average molecular weight is 382 g/mol. The molecule has 1 saturated heterocycles. The van der Waals surface area contributed by atoms with Gasteiger partial charge in [-0.3, -0.25) is 19.7 Å². The topological polar surface area (TPSA) is 84.5 Å². The maximum absolute atomic E-state index is 12.0. The van der Waals surface area contributed by atoms with Crippen molar-refractivity contribution in [2.24, 2.45) is 0 Å². The quantitative estimate of drug-likeness (QED) is 0.771. The minimum Gasteiger partial charge on any atom is -0.484 e. The number of aryl methyl sites for hydroxylation is 2. The molecule has 1 aliphatic heterocycles. The molecule has 0 radical (unpaired) electrons. The molecule has 0 atom stereocenters. The third-order valence-corrected chi connectivity index (χ3v) is 4.79. The van der Waals surface area contributed by atoms with Crippen LogP contribution < -0.4 is 15.4 Å². The summed E-state index contributed by atoms with van der Waals surface area (Å²) in [5.41, 5.74) is 3.76. The van der Waals surface area contributed by atoms with Gasteiger partial charge in [-0.2, -0.15) is 0 Å². The van der Waals surface area contributed by atoms with Crippen LogP contribution in [0.5, 0.6) is 5.75 Å². The van der Waals surface area contributed by atoms with Gasteiger partial charge in [0.25, 0.3) is 17.1 Å². The minimum absolute atomic E-state index is 0.111. The summed E-state index contributed by atoms with van der Waals surface area (Å²) in [6, 6.07) is 12.6. The number of rotatable bonds is 5.